The number of benzene rings is 2. The molecule has 0 N–H and O–H groups in total. The van der Waals surface area contributed by atoms with E-state index in [2.05, 4.69) is 17.1 Å². The fraction of sp³-hybridized carbons (Fsp3) is 0.143. The van der Waals surface area contributed by atoms with E-state index in [0.29, 0.717) is 27.9 Å². The summed E-state index contributed by atoms with van der Waals surface area (Å²) >= 11 is -0.251. The van der Waals surface area contributed by atoms with Crippen molar-refractivity contribution >= 4 is 20.5 Å². The normalized spacial score (nSPS) is 10.1. The van der Waals surface area contributed by atoms with Gasteiger partial charge in [0.05, 0.1) is 0 Å². The molecule has 0 aliphatic heterocycles. The Balaban J connectivity index is 2.00. The van der Waals surface area contributed by atoms with Crippen molar-refractivity contribution in [2.75, 3.05) is 6.61 Å². The van der Waals surface area contributed by atoms with Gasteiger partial charge in [0.1, 0.15) is 0 Å². The minimum atomic E-state index is -0.316. The number of nitriles is 2. The summed E-state index contributed by atoms with van der Waals surface area (Å²) < 4.78 is 6.52. The van der Waals surface area contributed by atoms with Crippen molar-refractivity contribution in [2.45, 2.75) is 13.8 Å². The number of carbonyl (C=O) groups is 1. The predicted molar refractivity (Wildman–Crippen MR) is 102 cm³/mol. The summed E-state index contributed by atoms with van der Waals surface area (Å²) in [4.78, 5) is 16.6. The van der Waals surface area contributed by atoms with Crippen LogP contribution < -0.4 is 0 Å². The summed E-state index contributed by atoms with van der Waals surface area (Å²) in [6, 6.07) is 17.0. The molecule has 0 fully saturated rings. The molecular weight excluding hydrogens is 405 g/mol. The molecule has 0 bridgehead atoms. The van der Waals surface area contributed by atoms with Crippen molar-refractivity contribution in [3.8, 4) is 33.4 Å². The van der Waals surface area contributed by atoms with Gasteiger partial charge in [-0.25, -0.2) is 0 Å². The minimum absolute atomic E-state index is 0.251. The van der Waals surface area contributed by atoms with Gasteiger partial charge in [0.2, 0.25) is 0 Å². The Morgan fingerprint density at radius 3 is 2.44 bits per heavy atom. The van der Waals surface area contributed by atoms with Crippen LogP contribution in [0.4, 0.5) is 0 Å². The summed E-state index contributed by atoms with van der Waals surface area (Å²) in [6.45, 7) is 3.91. The van der Waals surface area contributed by atoms with Crippen LogP contribution in [0.25, 0.3) is 21.3 Å². The molecule has 1 aromatic heterocycles. The molecule has 0 radical (unpaired) electrons. The fourth-order valence-corrected chi connectivity index (χ4v) is 4.66. The van der Waals surface area contributed by atoms with Gasteiger partial charge in [-0.3, -0.25) is 0 Å². The number of hydrogen-bond donors (Lipinski definition) is 0. The summed E-state index contributed by atoms with van der Waals surface area (Å²) in [6.07, 6.45) is 0. The summed E-state index contributed by atoms with van der Waals surface area (Å²) in [5.74, 6) is -0.316. The zero-order valence-corrected chi connectivity index (χ0v) is 16.5. The molecule has 0 aliphatic rings. The van der Waals surface area contributed by atoms with Crippen LogP contribution in [0.2, 0.25) is 0 Å². The SMILES string of the molecule is CCOC(=O)c1[se]c(-c2ccc(-c3ccc(C#N)cc3)c(C#N)c2)nc1C. The van der Waals surface area contributed by atoms with Gasteiger partial charge in [-0.1, -0.05) is 0 Å². The zero-order valence-electron chi connectivity index (χ0n) is 14.8. The van der Waals surface area contributed by atoms with Crippen molar-refractivity contribution in [1.29, 1.82) is 10.5 Å². The monoisotopic (exact) mass is 421 g/mol. The second kappa shape index (κ2) is 8.01. The topological polar surface area (TPSA) is 86.8 Å². The van der Waals surface area contributed by atoms with Crippen molar-refractivity contribution in [3.63, 3.8) is 0 Å². The molecule has 3 rings (SSSR count). The summed E-state index contributed by atoms with van der Waals surface area (Å²) in [5.41, 5.74) is 4.29. The van der Waals surface area contributed by atoms with Gasteiger partial charge >= 0.3 is 163 Å². The van der Waals surface area contributed by atoms with Gasteiger partial charge in [0.15, 0.2) is 0 Å². The standard InChI is InChI=1S/C21H15N3O2Se/c1-3-26-21(25)19-13(2)24-20(27-19)16-8-9-18(17(10-16)12-23)15-6-4-14(11-22)5-7-15/h4-10H,3H2,1-2H3. The molecule has 132 valence electrons. The molecule has 0 saturated carbocycles. The van der Waals surface area contributed by atoms with E-state index in [4.69, 9.17) is 10.00 Å². The van der Waals surface area contributed by atoms with Crippen LogP contribution in [0.3, 0.4) is 0 Å². The van der Waals surface area contributed by atoms with Crippen molar-refractivity contribution in [1.82, 2.24) is 4.98 Å². The summed E-state index contributed by atoms with van der Waals surface area (Å²) in [7, 11) is 0. The van der Waals surface area contributed by atoms with Crippen molar-refractivity contribution in [3.05, 3.63) is 63.7 Å². The van der Waals surface area contributed by atoms with Gasteiger partial charge < -0.3 is 0 Å². The van der Waals surface area contributed by atoms with E-state index < -0.39 is 0 Å². The average Bonchev–Trinajstić information content (AvgIpc) is 3.09. The van der Waals surface area contributed by atoms with E-state index in [-0.39, 0.29) is 20.5 Å². The summed E-state index contributed by atoms with van der Waals surface area (Å²) in [5, 5.41) is 18.5. The Kier molecular flexibility index (Phi) is 5.52. The average molecular weight is 420 g/mol. The molecule has 1 heterocycles. The molecule has 0 aliphatic carbocycles. The van der Waals surface area contributed by atoms with E-state index in [9.17, 15) is 10.1 Å². The first-order valence-electron chi connectivity index (χ1n) is 8.27. The van der Waals surface area contributed by atoms with E-state index >= 15 is 0 Å². The van der Waals surface area contributed by atoms with Gasteiger partial charge in [-0.2, -0.15) is 0 Å². The van der Waals surface area contributed by atoms with Crippen LogP contribution >= 0.6 is 0 Å². The maximum atomic E-state index is 12.0. The zero-order chi connectivity index (χ0) is 19.4. The van der Waals surface area contributed by atoms with Crippen LogP contribution in [0.5, 0.6) is 0 Å². The first kappa shape index (κ1) is 18.6. The molecule has 0 atom stereocenters. The molecule has 0 amide bonds. The van der Waals surface area contributed by atoms with Crippen LogP contribution in [0, 0.1) is 29.6 Å². The van der Waals surface area contributed by atoms with Crippen molar-refractivity contribution in [2.24, 2.45) is 0 Å². The van der Waals surface area contributed by atoms with E-state index in [1.165, 1.54) is 0 Å². The Morgan fingerprint density at radius 1 is 1.11 bits per heavy atom. The molecule has 27 heavy (non-hydrogen) atoms. The molecule has 0 spiro atoms. The number of rotatable bonds is 4. The van der Waals surface area contributed by atoms with E-state index in [1.54, 1.807) is 32.0 Å². The fourth-order valence-electron chi connectivity index (χ4n) is 2.65. The Labute approximate surface area is 163 Å². The number of carbonyl (C=O) groups excluding carboxylic acids is 1. The molecule has 0 unspecified atom stereocenters. The van der Waals surface area contributed by atoms with E-state index in [0.717, 1.165) is 21.3 Å². The van der Waals surface area contributed by atoms with Crippen LogP contribution in [0.1, 0.15) is 33.0 Å². The number of aryl methyl sites for hydroxylation is 1. The molecular formula is C21H15N3O2Se. The second-order valence-corrected chi connectivity index (χ2v) is 7.81. The van der Waals surface area contributed by atoms with Crippen LogP contribution in [-0.2, 0) is 4.74 Å². The maximum absolute atomic E-state index is 12.0. The molecule has 2 aromatic carbocycles. The Bertz CT molecular complexity index is 1090. The van der Waals surface area contributed by atoms with Crippen LogP contribution in [-0.4, -0.2) is 32.1 Å². The third-order valence-electron chi connectivity index (χ3n) is 3.97. The van der Waals surface area contributed by atoms with Gasteiger partial charge in [0.25, 0.3) is 0 Å². The Hall–Kier alpha value is -3.18. The number of aromatic nitrogens is 1. The molecule has 6 heteroatoms. The predicted octanol–water partition coefficient (Wildman–Crippen LogP) is 3.70. The third-order valence-corrected chi connectivity index (χ3v) is 6.46. The van der Waals surface area contributed by atoms with Gasteiger partial charge in [-0.15, -0.1) is 0 Å². The molecule has 3 aromatic rings. The van der Waals surface area contributed by atoms with Gasteiger partial charge in [0, 0.05) is 0 Å². The van der Waals surface area contributed by atoms with Gasteiger partial charge in [-0.05, 0) is 0 Å². The van der Waals surface area contributed by atoms with Crippen LogP contribution in [0.15, 0.2) is 42.5 Å². The molecule has 5 nitrogen and oxygen atoms in total. The third kappa shape index (κ3) is 3.83. The second-order valence-electron chi connectivity index (χ2n) is 5.72. The van der Waals surface area contributed by atoms with E-state index in [1.807, 2.05) is 24.3 Å². The molecule has 0 saturated heterocycles. The number of esters is 1. The number of hydrogen-bond acceptors (Lipinski definition) is 5. The quantitative estimate of drug-likeness (QED) is 0.475. The Morgan fingerprint density at radius 2 is 1.81 bits per heavy atom. The first-order chi connectivity index (χ1) is 13.1. The van der Waals surface area contributed by atoms with Crippen molar-refractivity contribution < 1.29 is 9.53 Å². The first-order valence-corrected chi connectivity index (χ1v) is 9.98. The number of ether oxygens (including phenoxy) is 1. The number of nitrogens with zero attached hydrogens (tertiary/aromatic N) is 3.